The number of hydrogen-bond acceptors (Lipinski definition) is 4. The number of pyridine rings is 1. The van der Waals surface area contributed by atoms with E-state index in [9.17, 15) is 9.59 Å². The molecule has 3 rings (SSSR count). The van der Waals surface area contributed by atoms with Crippen LogP contribution in [0.4, 0.5) is 11.4 Å². The van der Waals surface area contributed by atoms with Gasteiger partial charge in [0.2, 0.25) is 5.91 Å². The van der Waals surface area contributed by atoms with Crippen LogP contribution in [-0.4, -0.2) is 30.0 Å². The van der Waals surface area contributed by atoms with Gasteiger partial charge in [-0.3, -0.25) is 14.6 Å². The Morgan fingerprint density at radius 3 is 2.36 bits per heavy atom. The number of carbonyl (C=O) groups excluding carboxylic acids is 2. The molecule has 1 aromatic heterocycles. The summed E-state index contributed by atoms with van der Waals surface area (Å²) < 4.78 is 5.31. The molecular weight excluding hydrogens is 318 g/mol. The van der Waals surface area contributed by atoms with Gasteiger partial charge in [0.15, 0.2) is 0 Å². The first kappa shape index (κ1) is 17.1. The average Bonchev–Trinajstić information content (AvgIpc) is 2.65. The second-order valence-electron chi connectivity index (χ2n) is 6.08. The fourth-order valence-corrected chi connectivity index (χ4v) is 2.76. The molecular formula is C19H21N3O3. The molecule has 0 atom stereocenters. The third-order valence-corrected chi connectivity index (χ3v) is 4.17. The SMILES string of the molecule is O=C(CC1CCOCC1)Nc1ccc(NC(=O)c2cccnc2)cc1. The predicted molar refractivity (Wildman–Crippen MR) is 95.4 cm³/mol. The largest absolute Gasteiger partial charge is 0.381 e. The molecule has 130 valence electrons. The van der Waals surface area contributed by atoms with E-state index in [1.165, 1.54) is 6.20 Å². The van der Waals surface area contributed by atoms with Gasteiger partial charge >= 0.3 is 0 Å². The molecule has 0 unspecified atom stereocenters. The summed E-state index contributed by atoms with van der Waals surface area (Å²) in [5, 5.41) is 5.70. The van der Waals surface area contributed by atoms with Crippen LogP contribution < -0.4 is 10.6 Å². The van der Waals surface area contributed by atoms with E-state index in [0.717, 1.165) is 31.7 Å². The van der Waals surface area contributed by atoms with E-state index in [-0.39, 0.29) is 11.8 Å². The molecule has 1 aromatic carbocycles. The lowest BCUT2D eigenvalue weighted by molar-refractivity contribution is -0.117. The van der Waals surface area contributed by atoms with Crippen LogP contribution in [0, 0.1) is 5.92 Å². The average molecular weight is 339 g/mol. The van der Waals surface area contributed by atoms with E-state index in [1.807, 2.05) is 0 Å². The summed E-state index contributed by atoms with van der Waals surface area (Å²) >= 11 is 0. The monoisotopic (exact) mass is 339 g/mol. The molecule has 25 heavy (non-hydrogen) atoms. The summed E-state index contributed by atoms with van der Waals surface area (Å²) in [5.41, 5.74) is 1.88. The lowest BCUT2D eigenvalue weighted by atomic mass is 9.96. The van der Waals surface area contributed by atoms with Gasteiger partial charge in [0.05, 0.1) is 5.56 Å². The number of aromatic nitrogens is 1. The Morgan fingerprint density at radius 2 is 1.72 bits per heavy atom. The Labute approximate surface area is 146 Å². The molecule has 2 heterocycles. The summed E-state index contributed by atoms with van der Waals surface area (Å²) in [5.74, 6) is 0.190. The molecule has 0 bridgehead atoms. The molecule has 0 spiro atoms. The van der Waals surface area contributed by atoms with Gasteiger partial charge < -0.3 is 15.4 Å². The van der Waals surface area contributed by atoms with Crippen molar-refractivity contribution < 1.29 is 14.3 Å². The zero-order chi connectivity index (χ0) is 17.5. The van der Waals surface area contributed by atoms with Crippen LogP contribution in [0.3, 0.4) is 0 Å². The Balaban J connectivity index is 1.51. The summed E-state index contributed by atoms with van der Waals surface area (Å²) in [6, 6.07) is 10.5. The Bertz CT molecular complexity index is 710. The summed E-state index contributed by atoms with van der Waals surface area (Å²) in [6.45, 7) is 1.48. The Kier molecular flexibility index (Phi) is 5.74. The second kappa shape index (κ2) is 8.39. The Hall–Kier alpha value is -2.73. The summed E-state index contributed by atoms with van der Waals surface area (Å²) in [4.78, 5) is 28.1. The van der Waals surface area contributed by atoms with Gasteiger partial charge in [0.1, 0.15) is 0 Å². The van der Waals surface area contributed by atoms with Crippen molar-refractivity contribution in [3.63, 3.8) is 0 Å². The standard InChI is InChI=1S/C19H21N3O3/c23-18(12-14-7-10-25-11-8-14)21-16-3-5-17(6-4-16)22-19(24)15-2-1-9-20-13-15/h1-6,9,13-14H,7-8,10-12H2,(H,21,23)(H,22,24). The zero-order valence-corrected chi connectivity index (χ0v) is 13.9. The van der Waals surface area contributed by atoms with Crippen molar-refractivity contribution in [2.45, 2.75) is 19.3 Å². The molecule has 6 nitrogen and oxygen atoms in total. The summed E-state index contributed by atoms with van der Waals surface area (Å²) in [6.07, 6.45) is 5.52. The molecule has 1 aliphatic rings. The molecule has 1 fully saturated rings. The number of nitrogens with one attached hydrogen (secondary N) is 2. The normalized spacial score (nSPS) is 14.7. The van der Waals surface area contributed by atoms with Gasteiger partial charge in [-0.05, 0) is 55.2 Å². The van der Waals surface area contributed by atoms with Crippen LogP contribution in [-0.2, 0) is 9.53 Å². The topological polar surface area (TPSA) is 80.3 Å². The lowest BCUT2D eigenvalue weighted by Crippen LogP contribution is -2.22. The van der Waals surface area contributed by atoms with Gasteiger partial charge in [0.25, 0.3) is 5.91 Å². The van der Waals surface area contributed by atoms with Crippen LogP contribution >= 0.6 is 0 Å². The van der Waals surface area contributed by atoms with Gasteiger partial charge in [-0.1, -0.05) is 0 Å². The molecule has 2 N–H and O–H groups in total. The highest BCUT2D eigenvalue weighted by atomic mass is 16.5. The maximum Gasteiger partial charge on any atom is 0.257 e. The number of nitrogens with zero attached hydrogens (tertiary/aromatic N) is 1. The number of hydrogen-bond donors (Lipinski definition) is 2. The Morgan fingerprint density at radius 1 is 1.04 bits per heavy atom. The first-order chi connectivity index (χ1) is 12.2. The first-order valence-electron chi connectivity index (χ1n) is 8.40. The van der Waals surface area contributed by atoms with Crippen molar-refractivity contribution in [3.8, 4) is 0 Å². The number of carbonyl (C=O) groups is 2. The third-order valence-electron chi connectivity index (χ3n) is 4.17. The van der Waals surface area contributed by atoms with Crippen LogP contribution in [0.5, 0.6) is 0 Å². The smallest absolute Gasteiger partial charge is 0.257 e. The minimum absolute atomic E-state index is 0.0130. The van der Waals surface area contributed by atoms with Crippen molar-refractivity contribution in [1.29, 1.82) is 0 Å². The lowest BCUT2D eigenvalue weighted by Gasteiger charge is -2.21. The van der Waals surface area contributed by atoms with Crippen LogP contribution in [0.2, 0.25) is 0 Å². The second-order valence-corrected chi connectivity index (χ2v) is 6.08. The van der Waals surface area contributed by atoms with Crippen LogP contribution in [0.25, 0.3) is 0 Å². The van der Waals surface area contributed by atoms with Gasteiger partial charge in [-0.2, -0.15) is 0 Å². The molecule has 2 amide bonds. The highest BCUT2D eigenvalue weighted by Crippen LogP contribution is 2.20. The predicted octanol–water partition coefficient (Wildman–Crippen LogP) is 3.09. The van der Waals surface area contributed by atoms with Gasteiger partial charge in [0, 0.05) is 43.4 Å². The number of rotatable bonds is 5. The minimum Gasteiger partial charge on any atom is -0.381 e. The summed E-state index contributed by atoms with van der Waals surface area (Å²) in [7, 11) is 0. The molecule has 0 aliphatic carbocycles. The molecule has 1 aliphatic heterocycles. The third kappa shape index (κ3) is 5.12. The van der Waals surface area contributed by atoms with E-state index >= 15 is 0 Å². The molecule has 6 heteroatoms. The van der Waals surface area contributed by atoms with Crippen molar-refractivity contribution in [3.05, 3.63) is 54.4 Å². The highest BCUT2D eigenvalue weighted by molar-refractivity contribution is 6.04. The quantitative estimate of drug-likeness (QED) is 0.877. The molecule has 0 radical (unpaired) electrons. The molecule has 1 saturated heterocycles. The van der Waals surface area contributed by atoms with Gasteiger partial charge in [-0.15, -0.1) is 0 Å². The van der Waals surface area contributed by atoms with Gasteiger partial charge in [-0.25, -0.2) is 0 Å². The minimum atomic E-state index is -0.218. The van der Waals surface area contributed by atoms with Crippen molar-refractivity contribution in [2.75, 3.05) is 23.8 Å². The maximum atomic E-state index is 12.1. The molecule has 2 aromatic rings. The number of amides is 2. The van der Waals surface area contributed by atoms with E-state index in [0.29, 0.717) is 23.6 Å². The first-order valence-corrected chi connectivity index (χ1v) is 8.40. The fraction of sp³-hybridized carbons (Fsp3) is 0.316. The highest BCUT2D eigenvalue weighted by Gasteiger charge is 2.17. The number of anilines is 2. The van der Waals surface area contributed by atoms with E-state index in [4.69, 9.17) is 4.74 Å². The van der Waals surface area contributed by atoms with Crippen LogP contribution in [0.1, 0.15) is 29.6 Å². The van der Waals surface area contributed by atoms with Crippen molar-refractivity contribution >= 4 is 23.2 Å². The van der Waals surface area contributed by atoms with E-state index < -0.39 is 0 Å². The zero-order valence-electron chi connectivity index (χ0n) is 13.9. The van der Waals surface area contributed by atoms with Crippen LogP contribution in [0.15, 0.2) is 48.8 Å². The maximum absolute atomic E-state index is 12.1. The fourth-order valence-electron chi connectivity index (χ4n) is 2.76. The number of ether oxygens (including phenoxy) is 1. The van der Waals surface area contributed by atoms with Crippen molar-refractivity contribution in [2.24, 2.45) is 5.92 Å². The van der Waals surface area contributed by atoms with E-state index in [2.05, 4.69) is 15.6 Å². The van der Waals surface area contributed by atoms with Crippen molar-refractivity contribution in [1.82, 2.24) is 4.98 Å². The number of benzene rings is 1. The molecule has 0 saturated carbocycles. The van der Waals surface area contributed by atoms with E-state index in [1.54, 1.807) is 42.6 Å².